The van der Waals surface area contributed by atoms with Gasteiger partial charge in [0.1, 0.15) is 17.1 Å². The van der Waals surface area contributed by atoms with E-state index in [4.69, 9.17) is 23.7 Å². The molecule has 0 saturated heterocycles. The van der Waals surface area contributed by atoms with Crippen LogP contribution in [0.1, 0.15) is 30.6 Å². The molecule has 0 aliphatic rings. The van der Waals surface area contributed by atoms with E-state index in [1.54, 1.807) is 12.1 Å². The Morgan fingerprint density at radius 2 is 1.70 bits per heavy atom. The zero-order chi connectivity index (χ0) is 24.4. The van der Waals surface area contributed by atoms with Crippen LogP contribution in [-0.2, 0) is 9.53 Å². The molecule has 0 spiro atoms. The number of aromatic carboxylic acids is 1. The van der Waals surface area contributed by atoms with Gasteiger partial charge in [-0.15, -0.1) is 0 Å². The summed E-state index contributed by atoms with van der Waals surface area (Å²) in [6.45, 7) is 3.22. The minimum atomic E-state index is -1.31. The first-order valence-electron chi connectivity index (χ1n) is 9.73. The first-order valence-corrected chi connectivity index (χ1v) is 9.73. The number of nitrogens with zero attached hydrogens (tertiary/aromatic N) is 2. The Morgan fingerprint density at radius 1 is 1.06 bits per heavy atom. The molecule has 1 aromatic heterocycles. The fourth-order valence-corrected chi connectivity index (χ4v) is 2.50. The Labute approximate surface area is 190 Å². The minimum Gasteiger partial charge on any atom is -0.482 e. The maximum atomic E-state index is 12.1. The summed E-state index contributed by atoms with van der Waals surface area (Å²) < 4.78 is 26.7. The van der Waals surface area contributed by atoms with Gasteiger partial charge in [-0.2, -0.15) is 9.97 Å². The number of rotatable bonds is 12. The van der Waals surface area contributed by atoms with Gasteiger partial charge in [0.25, 0.3) is 0 Å². The van der Waals surface area contributed by atoms with Crippen molar-refractivity contribution in [1.82, 2.24) is 15.3 Å². The van der Waals surface area contributed by atoms with Crippen molar-refractivity contribution in [3.63, 3.8) is 0 Å². The molecule has 0 fully saturated rings. The number of hydrogen-bond donors (Lipinski definition) is 2. The van der Waals surface area contributed by atoms with E-state index >= 15 is 0 Å². The number of aromatic nitrogens is 2. The molecule has 0 aliphatic carbocycles. The van der Waals surface area contributed by atoms with E-state index in [-0.39, 0.29) is 52.4 Å². The Kier molecular flexibility index (Phi) is 9.04. The highest BCUT2D eigenvalue weighted by molar-refractivity contribution is 5.94. The van der Waals surface area contributed by atoms with Crippen LogP contribution < -0.4 is 24.3 Å². The predicted octanol–water partition coefficient (Wildman–Crippen LogP) is 3.28. The lowest BCUT2D eigenvalue weighted by atomic mass is 10.2. The third-order valence-electron chi connectivity index (χ3n) is 3.89. The van der Waals surface area contributed by atoms with Gasteiger partial charge in [0.2, 0.25) is 11.8 Å². The molecule has 176 valence electrons. The molecule has 11 heteroatoms. The monoisotopic (exact) mass is 459 g/mol. The summed E-state index contributed by atoms with van der Waals surface area (Å²) in [5.74, 6) is -1.03. The van der Waals surface area contributed by atoms with Crippen molar-refractivity contribution in [3.05, 3.63) is 53.7 Å². The standard InChI is InChI=1S/C22H25N3O8/c1-6-8-16(23-17(29-3)11-13(2)26)32-14-9-7-10-15(20(14)21(27)28)33-22-24-18(30-4)12-19(25-22)31-5/h7-12,23H,6H2,1-5H3,(H,27,28)/b16-8-,17-11?. The van der Waals surface area contributed by atoms with Crippen LogP contribution >= 0.6 is 0 Å². The molecule has 0 atom stereocenters. The number of hydrogen-bond acceptors (Lipinski definition) is 10. The third kappa shape index (κ3) is 7.13. The number of methoxy groups -OCH3 is 3. The normalized spacial score (nSPS) is 11.4. The molecule has 2 aromatic rings. The van der Waals surface area contributed by atoms with Gasteiger partial charge < -0.3 is 28.8 Å². The summed E-state index contributed by atoms with van der Waals surface area (Å²) in [6.07, 6.45) is 3.44. The SMILES string of the molecule is CC/C=C(/NC(=CC(C)=O)OC)Oc1cccc(Oc2nc(OC)cc(OC)n2)c1C(=O)O. The van der Waals surface area contributed by atoms with Crippen LogP contribution in [0.5, 0.6) is 29.3 Å². The maximum Gasteiger partial charge on any atom is 0.343 e. The van der Waals surface area contributed by atoms with Crippen LogP contribution in [0.4, 0.5) is 0 Å². The molecular weight excluding hydrogens is 434 g/mol. The van der Waals surface area contributed by atoms with Gasteiger partial charge >= 0.3 is 12.0 Å². The molecule has 2 rings (SSSR count). The minimum absolute atomic E-state index is 0.0275. The summed E-state index contributed by atoms with van der Waals surface area (Å²) in [6, 6.07) is 5.69. The number of ketones is 1. The first-order chi connectivity index (χ1) is 15.8. The van der Waals surface area contributed by atoms with Crippen molar-refractivity contribution in [1.29, 1.82) is 0 Å². The van der Waals surface area contributed by atoms with E-state index in [0.29, 0.717) is 6.42 Å². The molecule has 1 aromatic carbocycles. The summed E-state index contributed by atoms with van der Waals surface area (Å²) in [4.78, 5) is 31.5. The van der Waals surface area contributed by atoms with Gasteiger partial charge in [-0.05, 0) is 31.6 Å². The second kappa shape index (κ2) is 11.9. The van der Waals surface area contributed by atoms with Crippen LogP contribution in [0, 0.1) is 0 Å². The van der Waals surface area contributed by atoms with Crippen molar-refractivity contribution < 1.29 is 38.4 Å². The lowest BCUT2D eigenvalue weighted by Crippen LogP contribution is -2.20. The molecule has 33 heavy (non-hydrogen) atoms. The van der Waals surface area contributed by atoms with Crippen molar-refractivity contribution in [2.24, 2.45) is 0 Å². The van der Waals surface area contributed by atoms with Crippen molar-refractivity contribution in [2.45, 2.75) is 20.3 Å². The zero-order valence-electron chi connectivity index (χ0n) is 18.9. The second-order valence-electron chi connectivity index (χ2n) is 6.30. The van der Waals surface area contributed by atoms with E-state index in [9.17, 15) is 14.7 Å². The van der Waals surface area contributed by atoms with Gasteiger partial charge in [-0.1, -0.05) is 13.0 Å². The number of carboxylic acid groups (broad SMARTS) is 1. The van der Waals surface area contributed by atoms with Crippen molar-refractivity contribution in [3.8, 4) is 29.3 Å². The third-order valence-corrected chi connectivity index (χ3v) is 3.89. The van der Waals surface area contributed by atoms with E-state index < -0.39 is 5.97 Å². The Balaban J connectivity index is 2.43. The summed E-state index contributed by atoms with van der Waals surface area (Å²) in [7, 11) is 4.20. The molecule has 0 radical (unpaired) electrons. The Morgan fingerprint density at radius 3 is 2.21 bits per heavy atom. The summed E-state index contributed by atoms with van der Waals surface area (Å²) in [5, 5.41) is 12.7. The van der Waals surface area contributed by atoms with Gasteiger partial charge in [0.05, 0.1) is 27.4 Å². The highest BCUT2D eigenvalue weighted by Gasteiger charge is 2.21. The molecule has 2 N–H and O–H groups in total. The number of carbonyl (C=O) groups excluding carboxylic acids is 1. The lowest BCUT2D eigenvalue weighted by Gasteiger charge is -2.17. The number of carboxylic acids is 1. The van der Waals surface area contributed by atoms with Gasteiger partial charge in [0.15, 0.2) is 17.5 Å². The van der Waals surface area contributed by atoms with Crippen LogP contribution in [0.3, 0.4) is 0 Å². The molecule has 0 aliphatic heterocycles. The topological polar surface area (TPSA) is 138 Å². The van der Waals surface area contributed by atoms with Crippen LogP contribution in [0.15, 0.2) is 48.2 Å². The average Bonchev–Trinajstić information content (AvgIpc) is 2.78. The fraction of sp³-hybridized carbons (Fsp3) is 0.273. The quantitative estimate of drug-likeness (QED) is 0.357. The molecular formula is C22H25N3O8. The average molecular weight is 459 g/mol. The molecule has 1 heterocycles. The van der Waals surface area contributed by atoms with E-state index in [0.717, 1.165) is 0 Å². The van der Waals surface area contributed by atoms with E-state index in [1.165, 1.54) is 52.5 Å². The maximum absolute atomic E-state index is 12.1. The van der Waals surface area contributed by atoms with Crippen LogP contribution in [0.25, 0.3) is 0 Å². The van der Waals surface area contributed by atoms with Gasteiger partial charge in [-0.3, -0.25) is 10.1 Å². The van der Waals surface area contributed by atoms with Gasteiger partial charge in [0, 0.05) is 6.08 Å². The highest BCUT2D eigenvalue weighted by atomic mass is 16.5. The molecule has 0 saturated carbocycles. The summed E-state index contributed by atoms with van der Waals surface area (Å²) >= 11 is 0. The van der Waals surface area contributed by atoms with Crippen molar-refractivity contribution in [2.75, 3.05) is 21.3 Å². The Hall–Kier alpha value is -4.28. The molecule has 11 nitrogen and oxygen atoms in total. The predicted molar refractivity (Wildman–Crippen MR) is 117 cm³/mol. The largest absolute Gasteiger partial charge is 0.482 e. The number of ether oxygens (including phenoxy) is 5. The molecule has 0 amide bonds. The van der Waals surface area contributed by atoms with Crippen LogP contribution in [0.2, 0.25) is 0 Å². The number of nitrogens with one attached hydrogen (secondary N) is 1. The summed E-state index contributed by atoms with van der Waals surface area (Å²) in [5.41, 5.74) is -0.277. The van der Waals surface area contributed by atoms with E-state index in [2.05, 4.69) is 15.3 Å². The number of carbonyl (C=O) groups is 2. The smallest absolute Gasteiger partial charge is 0.343 e. The molecule has 0 bridgehead atoms. The van der Waals surface area contributed by atoms with Crippen LogP contribution in [-0.4, -0.2) is 48.2 Å². The van der Waals surface area contributed by atoms with E-state index in [1.807, 2.05) is 6.92 Å². The van der Waals surface area contributed by atoms with Crippen molar-refractivity contribution >= 4 is 11.8 Å². The zero-order valence-corrected chi connectivity index (χ0v) is 18.9. The van der Waals surface area contributed by atoms with Gasteiger partial charge in [-0.25, -0.2) is 4.79 Å². The highest BCUT2D eigenvalue weighted by Crippen LogP contribution is 2.33. The molecule has 0 unspecified atom stereocenters. The fourth-order valence-electron chi connectivity index (χ4n) is 2.50. The number of allylic oxidation sites excluding steroid dienone is 2. The first kappa shape index (κ1) is 25.0. The number of benzene rings is 1. The lowest BCUT2D eigenvalue weighted by molar-refractivity contribution is -0.112. The second-order valence-corrected chi connectivity index (χ2v) is 6.30. The Bertz CT molecular complexity index is 1040.